The van der Waals surface area contributed by atoms with E-state index in [1.54, 1.807) is 13.8 Å². The smallest absolute Gasteiger partial charge is 0.288 e. The first-order valence-corrected chi connectivity index (χ1v) is 23.9. The minimum Gasteiger partial charge on any atom is -0.615 e. The zero-order valence-electron chi connectivity index (χ0n) is 36.1. The van der Waals surface area contributed by atoms with Crippen LogP contribution in [0.1, 0.15) is 89.2 Å². The Morgan fingerprint density at radius 3 is 2.33 bits per heavy atom. The number of fused-ring (bicyclic) bond motifs is 1. The second kappa shape index (κ2) is 19.2. The van der Waals surface area contributed by atoms with Gasteiger partial charge in [-0.05, 0) is 104 Å². The molecule has 1 amide bonds. The van der Waals surface area contributed by atoms with Crippen LogP contribution in [-0.4, -0.2) is 75.6 Å². The number of aromatic nitrogens is 3. The topological polar surface area (TPSA) is 154 Å². The van der Waals surface area contributed by atoms with E-state index in [1.807, 2.05) is 6.92 Å². The van der Waals surface area contributed by atoms with E-state index in [-0.39, 0.29) is 55.1 Å². The van der Waals surface area contributed by atoms with Crippen LogP contribution in [0.25, 0.3) is 22.0 Å². The third-order valence-electron chi connectivity index (χ3n) is 11.9. The van der Waals surface area contributed by atoms with E-state index in [9.17, 15) is 40.2 Å². The molecule has 7 rings (SSSR count). The number of halogens is 9. The number of benzene rings is 2. The van der Waals surface area contributed by atoms with E-state index >= 15 is 8.78 Å². The first-order valence-electron chi connectivity index (χ1n) is 21.1. The molecule has 2 aromatic carbocycles. The molecule has 0 aliphatic heterocycles. The van der Waals surface area contributed by atoms with Gasteiger partial charge in [-0.2, -0.15) is 13.5 Å². The van der Waals surface area contributed by atoms with Gasteiger partial charge in [0.15, 0.2) is 9.49 Å². The third kappa shape index (κ3) is 10.6. The van der Waals surface area contributed by atoms with Gasteiger partial charge in [-0.25, -0.2) is 31.3 Å². The SMILES string of the molecule is CCC1([S+]([O-])Nc2nn(CC(F)F)c3c(-c4ccc(C#CC(C)(C)[S+]([O-])C5CC5)nc4C(Cc4cc(F)cc(F)c4)NC(=O)CNC4=C(C(=N)C(F)F)[C@@H](C)CC4(F)F)ccc(Cl)c23)CC1. The Bertz CT molecular complexity index is 2610. The zero-order chi connectivity index (χ0) is 48.0. The molecule has 4 aromatic rings. The standard InChI is InChI=1S/C45H46ClF8N7O3S2/c1-5-44(14-15-44)66(64)60-42-36-31(46)11-10-30(39(36)61(59-42)22-33(49)50)29-9-6-27(12-13-43(3,4)65(63)28-7-8-28)57-38(29)32(18-24-16-25(47)19-26(48)17-24)58-34(62)21-56-40-35(37(55)41(51)52)23(2)20-45(40,53)54/h6,9-11,16-17,19,23,28,32-33,41,55-56H,5,7-8,14-15,18,20-22H2,1-4H3,(H,58,62)(H,59,60)/t23-,32?,65?,66?/m0/s1. The Morgan fingerprint density at radius 2 is 1.73 bits per heavy atom. The molecule has 2 heterocycles. The van der Waals surface area contributed by atoms with Crippen LogP contribution < -0.4 is 15.4 Å². The minimum atomic E-state index is -3.70. The van der Waals surface area contributed by atoms with Crippen LogP contribution in [0.5, 0.6) is 0 Å². The third-order valence-corrected chi connectivity index (χ3v) is 16.2. The maximum absolute atomic E-state index is 15.2. The van der Waals surface area contributed by atoms with Crippen LogP contribution in [0.4, 0.5) is 40.9 Å². The van der Waals surface area contributed by atoms with E-state index in [1.165, 1.54) is 31.2 Å². The summed E-state index contributed by atoms with van der Waals surface area (Å²) >= 11 is 3.73. The van der Waals surface area contributed by atoms with Gasteiger partial charge < -0.3 is 19.7 Å². The summed E-state index contributed by atoms with van der Waals surface area (Å²) in [5.74, 6) is -1.92. The van der Waals surface area contributed by atoms with Crippen LogP contribution in [-0.2, 0) is 40.3 Å². The first kappa shape index (κ1) is 49.4. The number of anilines is 1. The molecule has 0 radical (unpaired) electrons. The van der Waals surface area contributed by atoms with Crippen molar-refractivity contribution < 1.29 is 49.0 Å². The summed E-state index contributed by atoms with van der Waals surface area (Å²) in [5, 5.41) is 17.3. The van der Waals surface area contributed by atoms with Gasteiger partial charge in [-0.1, -0.05) is 31.5 Å². The highest BCUT2D eigenvalue weighted by molar-refractivity contribution is 7.94. The van der Waals surface area contributed by atoms with Crippen molar-refractivity contribution in [2.24, 2.45) is 5.92 Å². The second-order valence-electron chi connectivity index (χ2n) is 17.3. The van der Waals surface area contributed by atoms with Gasteiger partial charge in [0.2, 0.25) is 11.7 Å². The summed E-state index contributed by atoms with van der Waals surface area (Å²) in [7, 11) is 0. The van der Waals surface area contributed by atoms with E-state index in [0.717, 1.165) is 29.7 Å². The molecule has 4 atom stereocenters. The highest BCUT2D eigenvalue weighted by Crippen LogP contribution is 2.48. The molecule has 3 unspecified atom stereocenters. The monoisotopic (exact) mass is 983 g/mol. The van der Waals surface area contributed by atoms with Crippen molar-refractivity contribution in [3.8, 4) is 23.0 Å². The molecule has 2 fully saturated rings. The lowest BCUT2D eigenvalue weighted by molar-refractivity contribution is -0.121. The normalized spacial score (nSPS) is 19.1. The number of nitrogens with zero attached hydrogens (tertiary/aromatic N) is 3. The number of hydrogen-bond acceptors (Lipinski definition) is 8. The Kier molecular flexibility index (Phi) is 14.4. The van der Waals surface area contributed by atoms with Crippen molar-refractivity contribution in [3.05, 3.63) is 87.3 Å². The number of carbonyl (C=O) groups excluding carboxylic acids is 1. The van der Waals surface area contributed by atoms with Crippen LogP contribution in [0.15, 0.2) is 53.7 Å². The van der Waals surface area contributed by atoms with E-state index < -0.39 is 123 Å². The summed E-state index contributed by atoms with van der Waals surface area (Å²) in [5.41, 5.74) is -2.65. The number of carbonyl (C=O) groups is 1. The Morgan fingerprint density at radius 1 is 1.06 bits per heavy atom. The van der Waals surface area contributed by atoms with Gasteiger partial charge in [-0.15, -0.1) is 5.10 Å². The van der Waals surface area contributed by atoms with Gasteiger partial charge in [-0.3, -0.25) is 14.9 Å². The fourth-order valence-corrected chi connectivity index (χ4v) is 11.3. The number of allylic oxidation sites excluding steroid dienone is 2. The second-order valence-corrected chi connectivity index (χ2v) is 21.6. The van der Waals surface area contributed by atoms with Gasteiger partial charge in [0.05, 0.1) is 51.3 Å². The molecule has 2 aromatic heterocycles. The molecular weight excluding hydrogens is 938 g/mol. The molecule has 2 saturated carbocycles. The van der Waals surface area contributed by atoms with Crippen molar-refractivity contribution in [1.82, 2.24) is 25.4 Å². The molecule has 0 spiro atoms. The van der Waals surface area contributed by atoms with Gasteiger partial charge in [0.1, 0.15) is 34.8 Å². The lowest BCUT2D eigenvalue weighted by atomic mass is 9.93. The van der Waals surface area contributed by atoms with Crippen molar-refractivity contribution in [3.63, 3.8) is 0 Å². The van der Waals surface area contributed by atoms with Crippen LogP contribution in [0.3, 0.4) is 0 Å². The fourth-order valence-electron chi connectivity index (χ4n) is 8.21. The van der Waals surface area contributed by atoms with E-state index in [0.29, 0.717) is 25.3 Å². The highest BCUT2D eigenvalue weighted by Gasteiger charge is 2.54. The van der Waals surface area contributed by atoms with Crippen LogP contribution in [0.2, 0.25) is 5.02 Å². The molecule has 4 N–H and O–H groups in total. The summed E-state index contributed by atoms with van der Waals surface area (Å²) in [6.07, 6.45) is -4.19. The average molecular weight is 984 g/mol. The lowest BCUT2D eigenvalue weighted by Crippen LogP contribution is -2.40. The van der Waals surface area contributed by atoms with Gasteiger partial charge in [0.25, 0.3) is 18.8 Å². The first-order chi connectivity index (χ1) is 31.0. The number of alkyl halides is 6. The van der Waals surface area contributed by atoms with Crippen molar-refractivity contribution in [2.45, 2.75) is 119 Å². The number of hydrogen-bond donors (Lipinski definition) is 4. The maximum atomic E-state index is 15.2. The lowest BCUT2D eigenvalue weighted by Gasteiger charge is -2.24. The highest BCUT2D eigenvalue weighted by atomic mass is 35.5. The molecular formula is C45H46ClF8N7O3S2. The fraction of sp³-hybridized carbons (Fsp3) is 0.467. The maximum Gasteiger partial charge on any atom is 0.288 e. The molecule has 0 saturated heterocycles. The number of nitrogens with one attached hydrogen (secondary N) is 4. The minimum absolute atomic E-state index is 0.00891. The quantitative estimate of drug-likeness (QED) is 0.0335. The predicted octanol–water partition coefficient (Wildman–Crippen LogP) is 9.56. The zero-order valence-corrected chi connectivity index (χ0v) is 38.5. The van der Waals surface area contributed by atoms with E-state index in [2.05, 4.69) is 32.3 Å². The summed E-state index contributed by atoms with van der Waals surface area (Å²) < 4.78 is 145. The number of rotatable bonds is 18. The molecule has 66 heavy (non-hydrogen) atoms. The van der Waals surface area contributed by atoms with Crippen molar-refractivity contribution in [2.75, 3.05) is 11.3 Å². The van der Waals surface area contributed by atoms with Crippen LogP contribution in [0, 0.1) is 34.8 Å². The molecule has 3 aliphatic rings. The van der Waals surface area contributed by atoms with Gasteiger partial charge >= 0.3 is 0 Å². The van der Waals surface area contributed by atoms with Crippen LogP contribution >= 0.6 is 11.6 Å². The summed E-state index contributed by atoms with van der Waals surface area (Å²) in [6.45, 7) is 4.65. The molecule has 354 valence electrons. The largest absolute Gasteiger partial charge is 0.615 e. The number of pyridine rings is 1. The molecule has 21 heteroatoms. The Labute approximate surface area is 387 Å². The molecule has 10 nitrogen and oxygen atoms in total. The summed E-state index contributed by atoms with van der Waals surface area (Å²) in [6, 6.07) is 7.12. The van der Waals surface area contributed by atoms with Crippen molar-refractivity contribution in [1.29, 1.82) is 5.41 Å². The average Bonchev–Trinajstić information content (AvgIpc) is 4.17. The predicted molar refractivity (Wildman–Crippen MR) is 239 cm³/mol. The van der Waals surface area contributed by atoms with Crippen molar-refractivity contribution >= 4 is 62.5 Å². The molecule has 0 bridgehead atoms. The number of amides is 1. The Hall–Kier alpha value is -4.55. The summed E-state index contributed by atoms with van der Waals surface area (Å²) in [4.78, 5) is 18.8. The van der Waals surface area contributed by atoms with E-state index in [4.69, 9.17) is 22.0 Å². The van der Waals surface area contributed by atoms with Gasteiger partial charge in [0, 0.05) is 42.0 Å². The Balaban J connectivity index is 1.38. The molecule has 3 aliphatic carbocycles.